The van der Waals surface area contributed by atoms with Crippen LogP contribution in [0.1, 0.15) is 42.1 Å². The molecule has 3 aromatic carbocycles. The molecule has 0 bridgehead atoms. The van der Waals surface area contributed by atoms with Crippen LogP contribution in [0.5, 0.6) is 23.0 Å². The summed E-state index contributed by atoms with van der Waals surface area (Å²) < 4.78 is 28.1. The van der Waals surface area contributed by atoms with Crippen molar-refractivity contribution in [3.05, 3.63) is 81.2 Å². The van der Waals surface area contributed by atoms with Crippen molar-refractivity contribution in [2.75, 3.05) is 28.4 Å². The normalized spacial score (nSPS) is 22.7. The zero-order valence-electron chi connectivity index (χ0n) is 24.5. The van der Waals surface area contributed by atoms with E-state index in [1.165, 1.54) is 27.4 Å². The minimum atomic E-state index is -1.95. The third-order valence-corrected chi connectivity index (χ3v) is 9.06. The summed E-state index contributed by atoms with van der Waals surface area (Å²) in [5, 5.41) is 4.94. The number of halogens is 1. The summed E-state index contributed by atoms with van der Waals surface area (Å²) in [4.78, 5) is 42.8. The van der Waals surface area contributed by atoms with E-state index in [4.69, 9.17) is 35.3 Å². The van der Waals surface area contributed by atoms with Gasteiger partial charge in [0.1, 0.15) is 27.8 Å². The van der Waals surface area contributed by atoms with Gasteiger partial charge in [0.05, 0.1) is 34.0 Å². The highest BCUT2D eigenvalue weighted by Crippen LogP contribution is 2.56. The maximum atomic E-state index is 15.0. The molecule has 0 amide bonds. The standard InChI is InChI=1S/C33H30ClNO8/c1-15-13-20-26(30(36)33(15)31(37)27-22(40-4)14-23(41-5)28(34)29(27)43-33)25(24(16(2)35-20)32(38)42-6)19-11-12-21(39-3)18-10-8-7-9-17(18)19/h7-12,14-15,25,35H,13H2,1-6H3/t15-,25?,33+/m1/s1. The highest BCUT2D eigenvalue weighted by molar-refractivity contribution is 6.36. The van der Waals surface area contributed by atoms with Crippen LogP contribution in [0.15, 0.2) is 65.0 Å². The van der Waals surface area contributed by atoms with E-state index in [2.05, 4.69) is 5.32 Å². The second-order valence-electron chi connectivity index (χ2n) is 10.8. The van der Waals surface area contributed by atoms with Gasteiger partial charge in [0.2, 0.25) is 17.2 Å². The molecule has 3 aliphatic rings. The van der Waals surface area contributed by atoms with Crippen molar-refractivity contribution >= 4 is 39.9 Å². The van der Waals surface area contributed by atoms with E-state index in [1.54, 1.807) is 27.0 Å². The number of fused-ring (bicyclic) bond motifs is 2. The molecule has 0 fully saturated rings. The molecule has 6 rings (SSSR count). The molecule has 9 nitrogen and oxygen atoms in total. The van der Waals surface area contributed by atoms with E-state index in [1.807, 2.05) is 30.3 Å². The molecule has 2 aliphatic heterocycles. The smallest absolute Gasteiger partial charge is 0.336 e. The van der Waals surface area contributed by atoms with Crippen LogP contribution in [-0.4, -0.2) is 51.6 Å². The number of hydrogen-bond donors (Lipinski definition) is 1. The Kier molecular flexibility index (Phi) is 6.88. The average molecular weight is 604 g/mol. The number of nitrogens with one attached hydrogen (secondary N) is 1. The van der Waals surface area contributed by atoms with Crippen LogP contribution in [0.25, 0.3) is 10.8 Å². The summed E-state index contributed by atoms with van der Waals surface area (Å²) in [6.07, 6.45) is 0.286. The average Bonchev–Trinajstić information content (AvgIpc) is 3.33. The number of benzene rings is 3. The zero-order valence-corrected chi connectivity index (χ0v) is 25.3. The first-order chi connectivity index (χ1) is 20.6. The van der Waals surface area contributed by atoms with E-state index in [0.717, 1.165) is 10.8 Å². The van der Waals surface area contributed by atoms with Crippen LogP contribution in [0.3, 0.4) is 0 Å². The molecule has 1 unspecified atom stereocenters. The van der Waals surface area contributed by atoms with E-state index in [9.17, 15) is 14.4 Å². The van der Waals surface area contributed by atoms with Crippen LogP contribution < -0.4 is 24.3 Å². The second-order valence-corrected chi connectivity index (χ2v) is 11.2. The molecule has 2 heterocycles. The predicted molar refractivity (Wildman–Crippen MR) is 159 cm³/mol. The number of esters is 1. The first-order valence-corrected chi connectivity index (χ1v) is 14.1. The summed E-state index contributed by atoms with van der Waals surface area (Å²) in [6, 6.07) is 12.7. The maximum absolute atomic E-state index is 15.0. The fraction of sp³-hybridized carbons (Fsp3) is 0.303. The Morgan fingerprint density at radius 2 is 1.63 bits per heavy atom. The molecule has 3 aromatic rings. The molecule has 1 spiro atoms. The van der Waals surface area contributed by atoms with Crippen LogP contribution in [-0.2, 0) is 14.3 Å². The van der Waals surface area contributed by atoms with Crippen molar-refractivity contribution in [3.8, 4) is 23.0 Å². The number of rotatable bonds is 5. The highest BCUT2D eigenvalue weighted by atomic mass is 35.5. The van der Waals surface area contributed by atoms with Crippen molar-refractivity contribution in [3.63, 3.8) is 0 Å². The molecule has 1 aliphatic carbocycles. The van der Waals surface area contributed by atoms with Gasteiger partial charge in [0, 0.05) is 40.3 Å². The third kappa shape index (κ3) is 3.87. The first-order valence-electron chi connectivity index (χ1n) is 13.7. The van der Waals surface area contributed by atoms with E-state index < -0.39 is 35.0 Å². The fourth-order valence-electron chi connectivity index (χ4n) is 6.69. The van der Waals surface area contributed by atoms with Crippen molar-refractivity contribution in [2.24, 2.45) is 5.92 Å². The summed E-state index contributed by atoms with van der Waals surface area (Å²) >= 11 is 6.63. The number of methoxy groups -OCH3 is 4. The first kappa shape index (κ1) is 28.6. The molecule has 0 saturated carbocycles. The third-order valence-electron chi connectivity index (χ3n) is 8.70. The van der Waals surface area contributed by atoms with Gasteiger partial charge in [-0.25, -0.2) is 4.79 Å². The van der Waals surface area contributed by atoms with Crippen LogP contribution >= 0.6 is 11.6 Å². The lowest BCUT2D eigenvalue weighted by atomic mass is 9.65. The second kappa shape index (κ2) is 10.3. The molecular weight excluding hydrogens is 574 g/mol. The molecule has 1 N–H and O–H groups in total. The number of ketones is 2. The molecule has 0 saturated heterocycles. The van der Waals surface area contributed by atoms with E-state index in [0.29, 0.717) is 22.7 Å². The Hall–Kier alpha value is -4.50. The molecule has 10 heteroatoms. The monoisotopic (exact) mass is 603 g/mol. The molecule has 222 valence electrons. The quantitative estimate of drug-likeness (QED) is 0.297. The molecule has 0 radical (unpaired) electrons. The summed E-state index contributed by atoms with van der Waals surface area (Å²) in [5.74, 6) is -2.09. The Morgan fingerprint density at radius 3 is 2.28 bits per heavy atom. The highest BCUT2D eigenvalue weighted by Gasteiger charge is 2.63. The number of Topliss-reactive ketones (excluding diaryl/α,β-unsaturated/α-hetero) is 2. The number of carbonyl (C=O) groups is 3. The number of allylic oxidation sites excluding steroid dienone is 2. The Labute approximate surface area is 253 Å². The molecule has 3 atom stereocenters. The number of hydrogen-bond acceptors (Lipinski definition) is 9. The van der Waals surface area contributed by atoms with E-state index in [-0.39, 0.29) is 45.4 Å². The molecule has 43 heavy (non-hydrogen) atoms. The summed E-state index contributed by atoms with van der Waals surface area (Å²) in [5.41, 5.74) is 0.497. The maximum Gasteiger partial charge on any atom is 0.336 e. The summed E-state index contributed by atoms with van der Waals surface area (Å²) in [6.45, 7) is 3.57. The lowest BCUT2D eigenvalue weighted by Gasteiger charge is -2.42. The zero-order chi connectivity index (χ0) is 30.8. The van der Waals surface area contributed by atoms with Gasteiger partial charge in [-0.2, -0.15) is 0 Å². The topological polar surface area (TPSA) is 109 Å². The SMILES string of the molecule is COC(=O)C1=C(C)NC2=C(C(=O)[C@@]3(Oc4c(Cl)c(OC)cc(OC)c4C3=O)[C@H](C)C2)C1c1ccc(OC)c2ccccc12. The largest absolute Gasteiger partial charge is 0.496 e. The molecular formula is C33H30ClNO8. The van der Waals surface area contributed by atoms with Crippen molar-refractivity contribution < 1.29 is 38.1 Å². The van der Waals surface area contributed by atoms with Crippen LogP contribution in [0, 0.1) is 5.92 Å². The predicted octanol–water partition coefficient (Wildman–Crippen LogP) is 5.53. The van der Waals surface area contributed by atoms with Gasteiger partial charge in [-0.3, -0.25) is 9.59 Å². The number of dihydropyridines is 1. The Balaban J connectivity index is 1.60. The van der Waals surface area contributed by atoms with Crippen molar-refractivity contribution in [2.45, 2.75) is 31.8 Å². The Bertz CT molecular complexity index is 1810. The van der Waals surface area contributed by atoms with Gasteiger partial charge in [0.25, 0.3) is 0 Å². The molecule has 0 aromatic heterocycles. The minimum Gasteiger partial charge on any atom is -0.496 e. The van der Waals surface area contributed by atoms with Crippen molar-refractivity contribution in [1.82, 2.24) is 5.32 Å². The van der Waals surface area contributed by atoms with Gasteiger partial charge in [-0.05, 0) is 30.4 Å². The Morgan fingerprint density at radius 1 is 0.953 bits per heavy atom. The van der Waals surface area contributed by atoms with Crippen LogP contribution in [0.4, 0.5) is 0 Å². The fourth-order valence-corrected chi connectivity index (χ4v) is 6.96. The number of carbonyl (C=O) groups excluding carboxylic acids is 3. The van der Waals surface area contributed by atoms with Crippen LogP contribution in [0.2, 0.25) is 5.02 Å². The van der Waals surface area contributed by atoms with Gasteiger partial charge in [-0.15, -0.1) is 0 Å². The minimum absolute atomic E-state index is 0.0299. The van der Waals surface area contributed by atoms with Gasteiger partial charge in [0.15, 0.2) is 5.75 Å². The van der Waals surface area contributed by atoms with Crippen molar-refractivity contribution in [1.29, 1.82) is 0 Å². The lowest BCUT2D eigenvalue weighted by molar-refractivity contribution is -0.136. The van der Waals surface area contributed by atoms with Gasteiger partial charge >= 0.3 is 5.97 Å². The summed E-state index contributed by atoms with van der Waals surface area (Å²) in [7, 11) is 5.73. The number of ether oxygens (including phenoxy) is 5. The van der Waals surface area contributed by atoms with E-state index >= 15 is 0 Å². The lowest BCUT2D eigenvalue weighted by Crippen LogP contribution is -2.58. The van der Waals surface area contributed by atoms with Gasteiger partial charge in [-0.1, -0.05) is 48.9 Å². The van der Waals surface area contributed by atoms with Gasteiger partial charge < -0.3 is 29.0 Å².